The molecule has 1 aliphatic rings. The molecule has 0 atom stereocenters. The molecule has 0 N–H and O–H groups in total. The number of aryl methyl sites for hydroxylation is 2. The fraction of sp³-hybridized carbons (Fsp3) is 0.417. The van der Waals surface area contributed by atoms with Crippen molar-refractivity contribution in [3.63, 3.8) is 0 Å². The molecular formula is C24H28O3. The van der Waals surface area contributed by atoms with Gasteiger partial charge in [-0.15, -0.1) is 0 Å². The molecule has 2 aromatic carbocycles. The molecule has 0 fully saturated rings. The van der Waals surface area contributed by atoms with Gasteiger partial charge in [0.25, 0.3) is 0 Å². The summed E-state index contributed by atoms with van der Waals surface area (Å²) in [6, 6.07) is 12.4. The molecule has 3 heteroatoms. The Morgan fingerprint density at radius 3 is 1.93 bits per heavy atom. The van der Waals surface area contributed by atoms with Crippen LogP contribution in [0.4, 0.5) is 0 Å². The van der Waals surface area contributed by atoms with E-state index in [4.69, 9.17) is 14.2 Å². The topological polar surface area (TPSA) is 27.7 Å². The van der Waals surface area contributed by atoms with Crippen LogP contribution in [0.25, 0.3) is 0 Å². The summed E-state index contributed by atoms with van der Waals surface area (Å²) < 4.78 is 17.0. The van der Waals surface area contributed by atoms with E-state index in [9.17, 15) is 0 Å². The van der Waals surface area contributed by atoms with E-state index >= 15 is 0 Å². The van der Waals surface area contributed by atoms with Crippen LogP contribution in [0.1, 0.15) is 48.9 Å². The zero-order valence-corrected chi connectivity index (χ0v) is 16.3. The SMILES string of the molecule is CCCCOc1ccc2c(c1)CCc1cc(OCCOCC)ccc1C#C2. The Morgan fingerprint density at radius 2 is 1.37 bits per heavy atom. The number of hydrogen-bond acceptors (Lipinski definition) is 3. The van der Waals surface area contributed by atoms with E-state index in [0.717, 1.165) is 54.9 Å². The van der Waals surface area contributed by atoms with E-state index in [2.05, 4.69) is 43.0 Å². The monoisotopic (exact) mass is 364 g/mol. The first-order chi connectivity index (χ1) is 13.3. The van der Waals surface area contributed by atoms with Gasteiger partial charge in [-0.05, 0) is 73.7 Å². The second-order valence-electron chi connectivity index (χ2n) is 6.64. The first-order valence-electron chi connectivity index (χ1n) is 9.91. The van der Waals surface area contributed by atoms with Crippen molar-refractivity contribution in [3.8, 4) is 23.3 Å². The van der Waals surface area contributed by atoms with E-state index in [0.29, 0.717) is 19.8 Å². The molecule has 0 spiro atoms. The molecular weight excluding hydrogens is 336 g/mol. The van der Waals surface area contributed by atoms with E-state index in [1.54, 1.807) is 0 Å². The Morgan fingerprint density at radius 1 is 0.778 bits per heavy atom. The van der Waals surface area contributed by atoms with Gasteiger partial charge in [-0.1, -0.05) is 25.2 Å². The molecule has 2 aromatic rings. The molecule has 0 radical (unpaired) electrons. The Labute approximate surface area is 162 Å². The van der Waals surface area contributed by atoms with Crippen molar-refractivity contribution >= 4 is 0 Å². The number of rotatable bonds is 9. The van der Waals surface area contributed by atoms with Gasteiger partial charge in [-0.25, -0.2) is 0 Å². The molecule has 0 unspecified atom stereocenters. The minimum Gasteiger partial charge on any atom is -0.494 e. The third kappa shape index (κ3) is 5.52. The van der Waals surface area contributed by atoms with Crippen molar-refractivity contribution in [2.75, 3.05) is 26.4 Å². The Hall–Kier alpha value is -2.44. The van der Waals surface area contributed by atoms with Crippen molar-refractivity contribution in [3.05, 3.63) is 58.7 Å². The van der Waals surface area contributed by atoms with Gasteiger partial charge in [0.1, 0.15) is 18.1 Å². The molecule has 0 bridgehead atoms. The van der Waals surface area contributed by atoms with Crippen LogP contribution < -0.4 is 9.47 Å². The van der Waals surface area contributed by atoms with Crippen molar-refractivity contribution < 1.29 is 14.2 Å². The van der Waals surface area contributed by atoms with Gasteiger partial charge in [0, 0.05) is 17.7 Å². The van der Waals surface area contributed by atoms with Crippen LogP contribution in [-0.4, -0.2) is 26.4 Å². The Kier molecular flexibility index (Phi) is 7.19. The van der Waals surface area contributed by atoms with Crippen LogP contribution in [0.15, 0.2) is 36.4 Å². The van der Waals surface area contributed by atoms with Gasteiger partial charge in [0.05, 0.1) is 13.2 Å². The zero-order chi connectivity index (χ0) is 18.9. The van der Waals surface area contributed by atoms with Crippen LogP contribution in [0.5, 0.6) is 11.5 Å². The second-order valence-corrected chi connectivity index (χ2v) is 6.64. The minimum absolute atomic E-state index is 0.569. The molecule has 0 saturated heterocycles. The van der Waals surface area contributed by atoms with Crippen molar-refractivity contribution in [2.24, 2.45) is 0 Å². The van der Waals surface area contributed by atoms with Crippen LogP contribution in [0.2, 0.25) is 0 Å². The maximum Gasteiger partial charge on any atom is 0.119 e. The summed E-state index contributed by atoms with van der Waals surface area (Å²) in [7, 11) is 0. The van der Waals surface area contributed by atoms with Crippen LogP contribution in [0, 0.1) is 11.8 Å². The Balaban J connectivity index is 1.72. The summed E-state index contributed by atoms with van der Waals surface area (Å²) in [5.74, 6) is 8.48. The quantitative estimate of drug-likeness (QED) is 0.473. The number of ether oxygens (including phenoxy) is 3. The molecule has 0 amide bonds. The summed E-state index contributed by atoms with van der Waals surface area (Å²) in [5, 5.41) is 0. The molecule has 27 heavy (non-hydrogen) atoms. The van der Waals surface area contributed by atoms with Gasteiger partial charge in [0.2, 0.25) is 0 Å². The lowest BCUT2D eigenvalue weighted by atomic mass is 9.94. The molecule has 3 nitrogen and oxygen atoms in total. The van der Waals surface area contributed by atoms with Crippen molar-refractivity contribution in [1.29, 1.82) is 0 Å². The predicted molar refractivity (Wildman–Crippen MR) is 109 cm³/mol. The number of hydrogen-bond donors (Lipinski definition) is 0. The molecule has 3 rings (SSSR count). The van der Waals surface area contributed by atoms with E-state index in [1.165, 1.54) is 11.1 Å². The summed E-state index contributed by atoms with van der Waals surface area (Å²) >= 11 is 0. The first kappa shape index (κ1) is 19.3. The fourth-order valence-electron chi connectivity index (χ4n) is 3.08. The van der Waals surface area contributed by atoms with Gasteiger partial charge in [0.15, 0.2) is 0 Å². The minimum atomic E-state index is 0.569. The van der Waals surface area contributed by atoms with Gasteiger partial charge >= 0.3 is 0 Å². The summed E-state index contributed by atoms with van der Waals surface area (Å²) in [5.41, 5.74) is 4.67. The molecule has 142 valence electrons. The third-order valence-electron chi connectivity index (χ3n) is 4.62. The molecule has 1 aliphatic carbocycles. The summed E-state index contributed by atoms with van der Waals surface area (Å²) in [4.78, 5) is 0. The zero-order valence-electron chi connectivity index (χ0n) is 16.3. The number of unbranched alkanes of at least 4 members (excludes halogenated alkanes) is 1. The summed E-state index contributed by atoms with van der Waals surface area (Å²) in [6.07, 6.45) is 4.11. The standard InChI is InChI=1S/C24H28O3/c1-3-5-14-26-23-12-10-19-6-7-20-11-13-24(27-16-15-25-4-2)18-22(20)9-8-21(19)17-23/h10-13,17-18H,3-5,8-9,14-16H2,1-2H3. The highest BCUT2D eigenvalue weighted by molar-refractivity contribution is 5.54. The average molecular weight is 364 g/mol. The highest BCUT2D eigenvalue weighted by Crippen LogP contribution is 2.25. The first-order valence-corrected chi connectivity index (χ1v) is 9.91. The van der Waals surface area contributed by atoms with E-state index in [1.807, 2.05) is 19.1 Å². The highest BCUT2D eigenvalue weighted by Gasteiger charge is 2.10. The predicted octanol–water partition coefficient (Wildman–Crippen LogP) is 4.78. The lowest BCUT2D eigenvalue weighted by Crippen LogP contribution is -2.07. The van der Waals surface area contributed by atoms with Crippen LogP contribution in [0.3, 0.4) is 0 Å². The average Bonchev–Trinajstić information content (AvgIpc) is 2.68. The highest BCUT2D eigenvalue weighted by atomic mass is 16.5. The largest absolute Gasteiger partial charge is 0.494 e. The smallest absolute Gasteiger partial charge is 0.119 e. The summed E-state index contributed by atoms with van der Waals surface area (Å²) in [6.45, 7) is 6.83. The third-order valence-corrected chi connectivity index (χ3v) is 4.62. The molecule has 0 aliphatic heterocycles. The Bertz CT molecular complexity index is 814. The van der Waals surface area contributed by atoms with E-state index in [-0.39, 0.29) is 0 Å². The fourth-order valence-corrected chi connectivity index (χ4v) is 3.08. The number of fused-ring (bicyclic) bond motifs is 2. The second kappa shape index (κ2) is 10.0. The normalized spacial score (nSPS) is 12.1. The van der Waals surface area contributed by atoms with Crippen molar-refractivity contribution in [1.82, 2.24) is 0 Å². The maximum absolute atomic E-state index is 5.86. The van der Waals surface area contributed by atoms with Crippen molar-refractivity contribution in [2.45, 2.75) is 39.5 Å². The van der Waals surface area contributed by atoms with Gasteiger partial charge in [-0.3, -0.25) is 0 Å². The maximum atomic E-state index is 5.86. The van der Waals surface area contributed by atoms with Gasteiger partial charge in [-0.2, -0.15) is 0 Å². The lowest BCUT2D eigenvalue weighted by Gasteiger charge is -2.14. The molecule has 0 heterocycles. The molecule has 0 saturated carbocycles. The van der Waals surface area contributed by atoms with Crippen LogP contribution in [-0.2, 0) is 17.6 Å². The molecule has 0 aromatic heterocycles. The van der Waals surface area contributed by atoms with E-state index < -0.39 is 0 Å². The number of benzene rings is 2. The van der Waals surface area contributed by atoms with Crippen LogP contribution >= 0.6 is 0 Å². The van der Waals surface area contributed by atoms with Gasteiger partial charge < -0.3 is 14.2 Å². The lowest BCUT2D eigenvalue weighted by molar-refractivity contribution is 0.110.